The maximum atomic E-state index is 12.2. The zero-order valence-electron chi connectivity index (χ0n) is 13.4. The molecule has 1 aliphatic carbocycles. The first-order valence-corrected chi connectivity index (χ1v) is 7.85. The molecule has 116 valence electrons. The Hall–Kier alpha value is -1.55. The van der Waals surface area contributed by atoms with E-state index in [1.807, 2.05) is 25.1 Å². The van der Waals surface area contributed by atoms with Gasteiger partial charge in [-0.25, -0.2) is 0 Å². The maximum absolute atomic E-state index is 12.2. The van der Waals surface area contributed by atoms with Crippen LogP contribution in [0, 0.1) is 12.8 Å². The highest BCUT2D eigenvalue weighted by atomic mass is 16.2. The van der Waals surface area contributed by atoms with E-state index in [4.69, 9.17) is 5.73 Å². The van der Waals surface area contributed by atoms with Crippen LogP contribution in [0.15, 0.2) is 18.2 Å². The van der Waals surface area contributed by atoms with Crippen LogP contribution >= 0.6 is 0 Å². The second-order valence-electron chi connectivity index (χ2n) is 6.50. The van der Waals surface area contributed by atoms with Gasteiger partial charge in [0.25, 0.3) is 0 Å². The van der Waals surface area contributed by atoms with E-state index >= 15 is 0 Å². The van der Waals surface area contributed by atoms with Gasteiger partial charge in [0.05, 0.1) is 6.54 Å². The average Bonchev–Trinajstić information content (AvgIpc) is 3.23. The van der Waals surface area contributed by atoms with E-state index in [0.717, 1.165) is 24.2 Å². The Labute approximate surface area is 127 Å². The lowest BCUT2D eigenvalue weighted by Crippen LogP contribution is -2.36. The number of nitrogens with two attached hydrogens (primary N) is 1. The minimum Gasteiger partial charge on any atom is -0.398 e. The van der Waals surface area contributed by atoms with E-state index in [9.17, 15) is 4.79 Å². The quantitative estimate of drug-likeness (QED) is 0.759. The summed E-state index contributed by atoms with van der Waals surface area (Å²) in [6, 6.07) is 6.27. The lowest BCUT2D eigenvalue weighted by atomic mass is 10.1. The molecule has 0 saturated heterocycles. The van der Waals surface area contributed by atoms with Gasteiger partial charge in [-0.1, -0.05) is 19.9 Å². The third-order valence-electron chi connectivity index (χ3n) is 3.97. The molecule has 1 aromatic rings. The summed E-state index contributed by atoms with van der Waals surface area (Å²) in [4.78, 5) is 14.5. The zero-order chi connectivity index (χ0) is 15.4. The first-order chi connectivity index (χ1) is 9.95. The van der Waals surface area contributed by atoms with Gasteiger partial charge >= 0.3 is 0 Å². The number of benzene rings is 1. The Morgan fingerprint density at radius 2 is 2.14 bits per heavy atom. The van der Waals surface area contributed by atoms with Gasteiger partial charge in [0.2, 0.25) is 5.91 Å². The molecule has 0 radical (unpaired) electrons. The number of nitrogens with one attached hydrogen (secondary N) is 1. The minimum absolute atomic E-state index is 0.0499. The van der Waals surface area contributed by atoms with E-state index in [1.54, 1.807) is 0 Å². The molecular formula is C17H27N3O. The van der Waals surface area contributed by atoms with Crippen molar-refractivity contribution in [1.29, 1.82) is 0 Å². The standard InChI is InChI=1S/C17H27N3O/c1-12(2)8-9-20(15-6-7-15)11-17(21)19-14-5-4-13(3)16(18)10-14/h4-5,10,12,15H,6-9,11,18H2,1-3H3,(H,19,21). The highest BCUT2D eigenvalue weighted by molar-refractivity contribution is 5.92. The molecule has 3 N–H and O–H groups in total. The fourth-order valence-electron chi connectivity index (χ4n) is 2.36. The Morgan fingerprint density at radius 3 is 2.71 bits per heavy atom. The SMILES string of the molecule is Cc1ccc(NC(=O)CN(CCC(C)C)C2CC2)cc1N. The van der Waals surface area contributed by atoms with Crippen molar-refractivity contribution in [3.63, 3.8) is 0 Å². The lowest BCUT2D eigenvalue weighted by Gasteiger charge is -2.22. The molecule has 21 heavy (non-hydrogen) atoms. The van der Waals surface area contributed by atoms with Gasteiger partial charge in [-0.2, -0.15) is 0 Å². The molecule has 1 amide bonds. The topological polar surface area (TPSA) is 58.4 Å². The van der Waals surface area contributed by atoms with Gasteiger partial charge in [-0.15, -0.1) is 0 Å². The number of rotatable bonds is 7. The third-order valence-corrected chi connectivity index (χ3v) is 3.97. The number of hydrogen-bond acceptors (Lipinski definition) is 3. The van der Waals surface area contributed by atoms with Crippen molar-refractivity contribution in [1.82, 2.24) is 4.90 Å². The van der Waals surface area contributed by atoms with Crippen LogP contribution in [0.3, 0.4) is 0 Å². The predicted octanol–water partition coefficient (Wildman–Crippen LogP) is 3.03. The van der Waals surface area contributed by atoms with E-state index in [2.05, 4.69) is 24.1 Å². The van der Waals surface area contributed by atoms with Crippen LogP contribution in [0.4, 0.5) is 11.4 Å². The molecule has 0 aromatic heterocycles. The summed E-state index contributed by atoms with van der Waals surface area (Å²) in [6.45, 7) is 7.89. The summed E-state index contributed by atoms with van der Waals surface area (Å²) in [5.41, 5.74) is 8.40. The Bertz CT molecular complexity index is 495. The summed E-state index contributed by atoms with van der Waals surface area (Å²) >= 11 is 0. The number of anilines is 2. The molecule has 4 heteroatoms. The number of carbonyl (C=O) groups excluding carboxylic acids is 1. The first kappa shape index (κ1) is 15.8. The summed E-state index contributed by atoms with van der Waals surface area (Å²) in [7, 11) is 0. The summed E-state index contributed by atoms with van der Waals surface area (Å²) in [5, 5.41) is 2.95. The first-order valence-electron chi connectivity index (χ1n) is 7.85. The normalized spacial score (nSPS) is 14.7. The predicted molar refractivity (Wildman–Crippen MR) is 88.3 cm³/mol. The molecule has 1 aliphatic rings. The van der Waals surface area contributed by atoms with Crippen LogP contribution in [0.1, 0.15) is 38.7 Å². The molecule has 0 aliphatic heterocycles. The zero-order valence-corrected chi connectivity index (χ0v) is 13.4. The molecular weight excluding hydrogens is 262 g/mol. The molecule has 2 rings (SSSR count). The molecule has 0 unspecified atom stereocenters. The molecule has 0 bridgehead atoms. The number of hydrogen-bond donors (Lipinski definition) is 2. The Balaban J connectivity index is 1.88. The van der Waals surface area contributed by atoms with Crippen molar-refractivity contribution in [2.75, 3.05) is 24.1 Å². The van der Waals surface area contributed by atoms with Gasteiger partial charge in [-0.05, 0) is 56.3 Å². The molecule has 0 atom stereocenters. The Morgan fingerprint density at radius 1 is 1.43 bits per heavy atom. The summed E-state index contributed by atoms with van der Waals surface area (Å²) in [5.74, 6) is 0.722. The highest BCUT2D eigenvalue weighted by Crippen LogP contribution is 2.27. The molecule has 0 spiro atoms. The number of aryl methyl sites for hydroxylation is 1. The van der Waals surface area contributed by atoms with Crippen molar-refractivity contribution < 1.29 is 4.79 Å². The maximum Gasteiger partial charge on any atom is 0.238 e. The van der Waals surface area contributed by atoms with E-state index in [0.29, 0.717) is 24.2 Å². The molecule has 1 saturated carbocycles. The van der Waals surface area contributed by atoms with Crippen LogP contribution in [0.25, 0.3) is 0 Å². The average molecular weight is 289 g/mol. The van der Waals surface area contributed by atoms with Crippen molar-refractivity contribution in [2.45, 2.75) is 46.1 Å². The van der Waals surface area contributed by atoms with Crippen molar-refractivity contribution in [3.05, 3.63) is 23.8 Å². The van der Waals surface area contributed by atoms with E-state index < -0.39 is 0 Å². The van der Waals surface area contributed by atoms with Crippen LogP contribution < -0.4 is 11.1 Å². The van der Waals surface area contributed by atoms with E-state index in [1.165, 1.54) is 12.8 Å². The number of nitrogen functional groups attached to an aromatic ring is 1. The number of amides is 1. The molecule has 0 heterocycles. The second-order valence-corrected chi connectivity index (χ2v) is 6.50. The third kappa shape index (κ3) is 5.05. The van der Waals surface area contributed by atoms with Gasteiger partial charge in [0.15, 0.2) is 0 Å². The van der Waals surface area contributed by atoms with Gasteiger partial charge < -0.3 is 11.1 Å². The highest BCUT2D eigenvalue weighted by Gasteiger charge is 2.29. The molecule has 4 nitrogen and oxygen atoms in total. The lowest BCUT2D eigenvalue weighted by molar-refractivity contribution is -0.117. The van der Waals surface area contributed by atoms with Crippen molar-refractivity contribution in [3.8, 4) is 0 Å². The van der Waals surface area contributed by atoms with Crippen LogP contribution in [0.5, 0.6) is 0 Å². The molecule has 1 fully saturated rings. The Kier molecular flexibility index (Phi) is 5.23. The summed E-state index contributed by atoms with van der Waals surface area (Å²) in [6.07, 6.45) is 3.59. The second kappa shape index (κ2) is 6.94. The fourth-order valence-corrected chi connectivity index (χ4v) is 2.36. The monoisotopic (exact) mass is 289 g/mol. The van der Waals surface area contributed by atoms with E-state index in [-0.39, 0.29) is 5.91 Å². The number of carbonyl (C=O) groups is 1. The van der Waals surface area contributed by atoms with Crippen LogP contribution in [-0.2, 0) is 4.79 Å². The van der Waals surface area contributed by atoms with Gasteiger partial charge in [0, 0.05) is 17.4 Å². The van der Waals surface area contributed by atoms with Gasteiger partial charge in [0.1, 0.15) is 0 Å². The largest absolute Gasteiger partial charge is 0.398 e. The van der Waals surface area contributed by atoms with Crippen LogP contribution in [-0.4, -0.2) is 29.9 Å². The fraction of sp³-hybridized carbons (Fsp3) is 0.588. The smallest absolute Gasteiger partial charge is 0.238 e. The van der Waals surface area contributed by atoms with Crippen LogP contribution in [0.2, 0.25) is 0 Å². The van der Waals surface area contributed by atoms with Crippen molar-refractivity contribution in [2.24, 2.45) is 5.92 Å². The van der Waals surface area contributed by atoms with Crippen molar-refractivity contribution >= 4 is 17.3 Å². The number of nitrogens with zero attached hydrogens (tertiary/aromatic N) is 1. The molecule has 1 aromatic carbocycles. The summed E-state index contributed by atoms with van der Waals surface area (Å²) < 4.78 is 0. The minimum atomic E-state index is 0.0499. The van der Waals surface area contributed by atoms with Gasteiger partial charge in [-0.3, -0.25) is 9.69 Å².